The van der Waals surface area contributed by atoms with Crippen molar-refractivity contribution in [1.29, 1.82) is 0 Å². The second kappa shape index (κ2) is 8.42. The van der Waals surface area contributed by atoms with Gasteiger partial charge in [-0.05, 0) is 66.4 Å². The number of benzene rings is 1. The van der Waals surface area contributed by atoms with E-state index in [1.165, 1.54) is 0 Å². The van der Waals surface area contributed by atoms with Crippen LogP contribution in [0.2, 0.25) is 0 Å². The summed E-state index contributed by atoms with van der Waals surface area (Å²) in [5.74, 6) is -0.393. The molecular formula is C22H34N2O3. The number of likely N-dealkylation sites (tertiary alicyclic amines) is 1. The van der Waals surface area contributed by atoms with Crippen molar-refractivity contribution >= 4 is 11.9 Å². The number of amides is 1. The highest BCUT2D eigenvalue weighted by molar-refractivity contribution is 5.86. The van der Waals surface area contributed by atoms with E-state index >= 15 is 0 Å². The van der Waals surface area contributed by atoms with Crippen molar-refractivity contribution in [2.75, 3.05) is 6.54 Å². The summed E-state index contributed by atoms with van der Waals surface area (Å²) in [5.41, 5.74) is 0.313. The highest BCUT2D eigenvalue weighted by atomic mass is 16.6. The molecule has 1 aliphatic heterocycles. The van der Waals surface area contributed by atoms with Gasteiger partial charge < -0.3 is 15.0 Å². The Bertz CT molecular complexity index is 644. The van der Waals surface area contributed by atoms with E-state index in [1.807, 2.05) is 51.1 Å². The minimum absolute atomic E-state index is 0.0258. The first kappa shape index (κ1) is 21.4. The molecule has 2 rings (SSSR count). The first-order valence-corrected chi connectivity index (χ1v) is 9.81. The number of hydrogen-bond acceptors (Lipinski definition) is 4. The predicted octanol–water partition coefficient (Wildman–Crippen LogP) is 3.84. The Morgan fingerprint density at radius 1 is 1.11 bits per heavy atom. The largest absolute Gasteiger partial charge is 0.459 e. The van der Waals surface area contributed by atoms with Crippen LogP contribution >= 0.6 is 0 Å². The van der Waals surface area contributed by atoms with Crippen LogP contribution in [0.3, 0.4) is 0 Å². The third-order valence-corrected chi connectivity index (χ3v) is 4.44. The second-order valence-electron chi connectivity index (χ2n) is 9.36. The summed E-state index contributed by atoms with van der Waals surface area (Å²) in [6.45, 7) is 11.7. The van der Waals surface area contributed by atoms with Crippen molar-refractivity contribution in [3.63, 3.8) is 0 Å². The van der Waals surface area contributed by atoms with E-state index in [4.69, 9.17) is 4.74 Å². The molecule has 1 aliphatic rings. The van der Waals surface area contributed by atoms with E-state index in [9.17, 15) is 9.59 Å². The lowest BCUT2D eigenvalue weighted by atomic mass is 10.0. The van der Waals surface area contributed by atoms with E-state index in [0.717, 1.165) is 24.8 Å². The first-order valence-electron chi connectivity index (χ1n) is 9.81. The molecule has 1 aromatic rings. The Labute approximate surface area is 163 Å². The average Bonchev–Trinajstić information content (AvgIpc) is 2.66. The first-order chi connectivity index (χ1) is 12.5. The molecule has 150 valence electrons. The van der Waals surface area contributed by atoms with Gasteiger partial charge in [0.2, 0.25) is 5.91 Å². The summed E-state index contributed by atoms with van der Waals surface area (Å²) in [7, 11) is 0. The third-order valence-electron chi connectivity index (χ3n) is 4.44. The summed E-state index contributed by atoms with van der Waals surface area (Å²) in [6.07, 6.45) is 2.52. The molecule has 1 heterocycles. The van der Waals surface area contributed by atoms with Crippen molar-refractivity contribution in [2.24, 2.45) is 0 Å². The Kier molecular flexibility index (Phi) is 6.68. The number of rotatable bonds is 4. The van der Waals surface area contributed by atoms with Gasteiger partial charge in [0.25, 0.3) is 0 Å². The van der Waals surface area contributed by atoms with Crippen molar-refractivity contribution in [3.8, 4) is 0 Å². The van der Waals surface area contributed by atoms with Gasteiger partial charge in [-0.15, -0.1) is 0 Å². The average molecular weight is 375 g/mol. The normalized spacial score (nSPS) is 21.7. The highest BCUT2D eigenvalue weighted by Crippen LogP contribution is 2.31. The molecule has 5 nitrogen and oxygen atoms in total. The molecule has 1 aromatic carbocycles. The van der Waals surface area contributed by atoms with Crippen molar-refractivity contribution in [3.05, 3.63) is 35.9 Å². The minimum Gasteiger partial charge on any atom is -0.459 e. The SMILES string of the molecule is CC(C)(C)N[C@H]1CCC[C@@H](c2ccccc2)N(CC(=O)OC(C)(C)C)C1=O. The highest BCUT2D eigenvalue weighted by Gasteiger charge is 2.37. The maximum absolute atomic E-state index is 13.4. The van der Waals surface area contributed by atoms with Gasteiger partial charge in [0.15, 0.2) is 0 Å². The van der Waals surface area contributed by atoms with Crippen LogP contribution in [0.1, 0.15) is 72.4 Å². The van der Waals surface area contributed by atoms with Gasteiger partial charge in [0, 0.05) is 5.54 Å². The van der Waals surface area contributed by atoms with Crippen LogP contribution in [0.5, 0.6) is 0 Å². The molecule has 1 amide bonds. The van der Waals surface area contributed by atoms with E-state index in [1.54, 1.807) is 4.90 Å². The minimum atomic E-state index is -0.572. The fourth-order valence-corrected chi connectivity index (χ4v) is 3.53. The van der Waals surface area contributed by atoms with Crippen LogP contribution in [-0.2, 0) is 14.3 Å². The molecule has 27 heavy (non-hydrogen) atoms. The summed E-state index contributed by atoms with van der Waals surface area (Å²) in [4.78, 5) is 27.6. The summed E-state index contributed by atoms with van der Waals surface area (Å²) < 4.78 is 5.50. The zero-order chi connectivity index (χ0) is 20.2. The zero-order valence-corrected chi connectivity index (χ0v) is 17.5. The summed E-state index contributed by atoms with van der Waals surface area (Å²) in [5, 5.41) is 3.43. The predicted molar refractivity (Wildman–Crippen MR) is 107 cm³/mol. The number of carbonyl (C=O) groups excluding carboxylic acids is 2. The standard InChI is InChI=1S/C22H34N2O3/c1-21(2,3)23-17-13-10-14-18(16-11-8-7-9-12-16)24(20(17)26)15-19(25)27-22(4,5)6/h7-9,11-12,17-18,23H,10,13-15H2,1-6H3/t17-,18-/m0/s1. The maximum Gasteiger partial charge on any atom is 0.326 e. The van der Waals surface area contributed by atoms with Gasteiger partial charge in [0.05, 0.1) is 12.1 Å². The summed E-state index contributed by atoms with van der Waals surface area (Å²) in [6, 6.07) is 9.56. The van der Waals surface area contributed by atoms with Gasteiger partial charge in [0.1, 0.15) is 12.1 Å². The lowest BCUT2D eigenvalue weighted by Gasteiger charge is -2.34. The van der Waals surface area contributed by atoms with Gasteiger partial charge in [-0.1, -0.05) is 30.3 Å². The molecule has 0 radical (unpaired) electrons. The maximum atomic E-state index is 13.4. The molecule has 1 saturated heterocycles. The molecule has 0 saturated carbocycles. The molecule has 1 fully saturated rings. The molecule has 0 bridgehead atoms. The van der Waals surface area contributed by atoms with E-state index in [2.05, 4.69) is 26.1 Å². The van der Waals surface area contributed by atoms with Crippen LogP contribution < -0.4 is 5.32 Å². The van der Waals surface area contributed by atoms with Crippen LogP contribution in [0.25, 0.3) is 0 Å². The Morgan fingerprint density at radius 2 is 1.74 bits per heavy atom. The molecule has 5 heteroatoms. The second-order valence-corrected chi connectivity index (χ2v) is 9.36. The summed E-state index contributed by atoms with van der Waals surface area (Å²) >= 11 is 0. The monoisotopic (exact) mass is 374 g/mol. The van der Waals surface area contributed by atoms with Crippen LogP contribution in [0.15, 0.2) is 30.3 Å². The lowest BCUT2D eigenvalue weighted by Crippen LogP contribution is -2.53. The topological polar surface area (TPSA) is 58.6 Å². The van der Waals surface area contributed by atoms with E-state index in [0.29, 0.717) is 0 Å². The van der Waals surface area contributed by atoms with Crippen LogP contribution in [-0.4, -0.2) is 40.5 Å². The Morgan fingerprint density at radius 3 is 2.30 bits per heavy atom. The molecular weight excluding hydrogens is 340 g/mol. The fraction of sp³-hybridized carbons (Fsp3) is 0.636. The number of ether oxygens (including phenoxy) is 1. The van der Waals surface area contributed by atoms with E-state index in [-0.39, 0.29) is 36.0 Å². The van der Waals surface area contributed by atoms with Crippen molar-refractivity contribution < 1.29 is 14.3 Å². The molecule has 1 N–H and O–H groups in total. The molecule has 0 spiro atoms. The van der Waals surface area contributed by atoms with Gasteiger partial charge >= 0.3 is 5.97 Å². The van der Waals surface area contributed by atoms with Crippen molar-refractivity contribution in [1.82, 2.24) is 10.2 Å². The third kappa shape index (κ3) is 6.65. The van der Waals surface area contributed by atoms with Gasteiger partial charge in [-0.25, -0.2) is 0 Å². The quantitative estimate of drug-likeness (QED) is 0.814. The molecule has 0 aliphatic carbocycles. The Hall–Kier alpha value is -1.88. The smallest absolute Gasteiger partial charge is 0.326 e. The van der Waals surface area contributed by atoms with Crippen LogP contribution in [0.4, 0.5) is 0 Å². The lowest BCUT2D eigenvalue weighted by molar-refractivity contribution is -0.160. The fourth-order valence-electron chi connectivity index (χ4n) is 3.53. The number of carbonyl (C=O) groups is 2. The zero-order valence-electron chi connectivity index (χ0n) is 17.5. The van der Waals surface area contributed by atoms with Gasteiger partial charge in [-0.2, -0.15) is 0 Å². The Balaban J connectivity index is 2.30. The molecule has 0 unspecified atom stereocenters. The molecule has 2 atom stereocenters. The number of hydrogen-bond donors (Lipinski definition) is 1. The van der Waals surface area contributed by atoms with Crippen molar-refractivity contribution in [2.45, 2.75) is 84.0 Å². The van der Waals surface area contributed by atoms with E-state index < -0.39 is 5.60 Å². The molecule has 0 aromatic heterocycles. The number of nitrogens with zero attached hydrogens (tertiary/aromatic N) is 1. The number of esters is 1. The van der Waals surface area contributed by atoms with Crippen LogP contribution in [0, 0.1) is 0 Å². The number of nitrogens with one attached hydrogen (secondary N) is 1. The van der Waals surface area contributed by atoms with Gasteiger partial charge in [-0.3, -0.25) is 9.59 Å².